The fourth-order valence-corrected chi connectivity index (χ4v) is 8.64. The summed E-state index contributed by atoms with van der Waals surface area (Å²) in [7, 11) is 0. The van der Waals surface area contributed by atoms with Gasteiger partial charge in [0.15, 0.2) is 23.3 Å². The average molecular weight is 680 g/mol. The zero-order chi connectivity index (χ0) is 34.9. The third-order valence-corrected chi connectivity index (χ3v) is 11.4. The highest BCUT2D eigenvalue weighted by molar-refractivity contribution is 5.90. The lowest BCUT2D eigenvalue weighted by Gasteiger charge is -2.65. The summed E-state index contributed by atoms with van der Waals surface area (Å²) in [6, 6.07) is 54.6. The van der Waals surface area contributed by atoms with Crippen LogP contribution in [0.2, 0.25) is 0 Å². The lowest BCUT2D eigenvalue weighted by molar-refractivity contribution is 0.0437. The first kappa shape index (κ1) is 30.1. The molecule has 3 unspecified atom stereocenters. The largest absolute Gasteiger partial charge is 0.228 e. The number of nitrogens with zero attached hydrogens (tertiary/aromatic N) is 5. The molecule has 3 atom stereocenters. The van der Waals surface area contributed by atoms with Crippen LogP contribution in [0.5, 0.6) is 0 Å². The van der Waals surface area contributed by atoms with Gasteiger partial charge in [-0.05, 0) is 70.7 Å². The van der Waals surface area contributed by atoms with Gasteiger partial charge in [-0.2, -0.15) is 0 Å². The zero-order valence-corrected chi connectivity index (χ0v) is 28.9. The van der Waals surface area contributed by atoms with Gasteiger partial charge in [0.25, 0.3) is 0 Å². The first-order valence-electron chi connectivity index (χ1n) is 18.4. The molecule has 8 aromatic rings. The Morgan fingerprint density at radius 2 is 0.830 bits per heavy atom. The van der Waals surface area contributed by atoms with E-state index in [2.05, 4.69) is 91.0 Å². The van der Waals surface area contributed by atoms with E-state index >= 15 is 0 Å². The molecule has 0 spiro atoms. The molecule has 11 rings (SSSR count). The van der Waals surface area contributed by atoms with Gasteiger partial charge in [-0.1, -0.05) is 145 Å². The highest BCUT2D eigenvalue weighted by atomic mass is 15.0. The molecule has 0 N–H and O–H groups in total. The molecule has 2 aromatic heterocycles. The number of benzene rings is 6. The van der Waals surface area contributed by atoms with Crippen LogP contribution in [0, 0.1) is 17.8 Å². The number of allylic oxidation sites excluding steroid dienone is 2. The lowest BCUT2D eigenvalue weighted by atomic mass is 9.39. The minimum absolute atomic E-state index is 0.640. The van der Waals surface area contributed by atoms with E-state index in [0.29, 0.717) is 17.5 Å². The van der Waals surface area contributed by atoms with Crippen molar-refractivity contribution in [3.8, 4) is 68.1 Å². The predicted octanol–water partition coefficient (Wildman–Crippen LogP) is 11.2. The van der Waals surface area contributed by atoms with E-state index < -0.39 is 0 Å². The summed E-state index contributed by atoms with van der Waals surface area (Å²) in [4.78, 5) is 25.0. The van der Waals surface area contributed by atoms with Crippen LogP contribution in [-0.4, -0.2) is 24.9 Å². The molecule has 0 aliphatic heterocycles. The van der Waals surface area contributed by atoms with E-state index in [4.69, 9.17) is 24.9 Å². The molecule has 250 valence electrons. The summed E-state index contributed by atoms with van der Waals surface area (Å²) in [6.45, 7) is 0. The van der Waals surface area contributed by atoms with Crippen molar-refractivity contribution in [2.24, 2.45) is 17.8 Å². The zero-order valence-electron chi connectivity index (χ0n) is 28.9. The maximum atomic E-state index is 5.17. The predicted molar refractivity (Wildman–Crippen MR) is 212 cm³/mol. The Bertz CT molecular complexity index is 2670. The maximum Gasteiger partial charge on any atom is 0.164 e. The van der Waals surface area contributed by atoms with Crippen LogP contribution < -0.4 is 0 Å². The van der Waals surface area contributed by atoms with Crippen molar-refractivity contribution in [3.05, 3.63) is 169 Å². The third-order valence-electron chi connectivity index (χ3n) is 11.4. The smallest absolute Gasteiger partial charge is 0.164 e. The quantitative estimate of drug-likeness (QED) is 0.168. The summed E-state index contributed by atoms with van der Waals surface area (Å²) in [6.07, 6.45) is 2.70. The van der Waals surface area contributed by atoms with Crippen molar-refractivity contribution in [3.63, 3.8) is 0 Å². The summed E-state index contributed by atoms with van der Waals surface area (Å²) >= 11 is 0. The maximum absolute atomic E-state index is 5.17. The number of fused-ring (bicyclic) bond motifs is 1. The molecule has 2 fully saturated rings. The summed E-state index contributed by atoms with van der Waals surface area (Å²) in [5.41, 5.74) is 12.5. The monoisotopic (exact) mass is 679 g/mol. The summed E-state index contributed by atoms with van der Waals surface area (Å²) in [5.74, 6) is 5.38. The van der Waals surface area contributed by atoms with Crippen molar-refractivity contribution in [1.29, 1.82) is 0 Å². The van der Waals surface area contributed by atoms with Crippen LogP contribution in [0.25, 0.3) is 84.4 Å². The van der Waals surface area contributed by atoms with Crippen LogP contribution in [0.3, 0.4) is 0 Å². The van der Waals surface area contributed by atoms with E-state index in [1.165, 1.54) is 18.4 Å². The Kier molecular flexibility index (Phi) is 6.81. The Labute approximate surface area is 307 Å². The van der Waals surface area contributed by atoms with Crippen LogP contribution >= 0.6 is 0 Å². The molecular formula is C48H33N5. The van der Waals surface area contributed by atoms with Gasteiger partial charge in [-0.15, -0.1) is 0 Å². The molecule has 3 aliphatic carbocycles. The van der Waals surface area contributed by atoms with Gasteiger partial charge in [-0.25, -0.2) is 24.9 Å². The van der Waals surface area contributed by atoms with Gasteiger partial charge >= 0.3 is 0 Å². The summed E-state index contributed by atoms with van der Waals surface area (Å²) in [5, 5.41) is 2.21. The van der Waals surface area contributed by atoms with Crippen LogP contribution in [-0.2, 0) is 0 Å². The van der Waals surface area contributed by atoms with E-state index in [1.807, 2.05) is 66.7 Å². The second-order valence-corrected chi connectivity index (χ2v) is 14.5. The van der Waals surface area contributed by atoms with E-state index in [0.717, 1.165) is 79.1 Å². The van der Waals surface area contributed by atoms with E-state index in [-0.39, 0.29) is 0 Å². The Morgan fingerprint density at radius 1 is 0.377 bits per heavy atom. The minimum Gasteiger partial charge on any atom is -0.228 e. The highest BCUT2D eigenvalue weighted by Gasteiger charge is 2.60. The van der Waals surface area contributed by atoms with Gasteiger partial charge in [0.2, 0.25) is 0 Å². The second-order valence-electron chi connectivity index (χ2n) is 14.5. The topological polar surface area (TPSA) is 64.5 Å². The van der Waals surface area contributed by atoms with Crippen molar-refractivity contribution in [2.75, 3.05) is 0 Å². The normalized spacial score (nSPS) is 18.2. The van der Waals surface area contributed by atoms with Crippen molar-refractivity contribution < 1.29 is 0 Å². The third kappa shape index (κ3) is 5.11. The standard InChI is InChI=1S/C48H33N5/c1-4-10-29(11-5-1)41-28-42(50-45(49-41)33-18-16-30(17-19-33)43-39-26-38-27-40(43)44(38)39)36-22-20-35-25-37(23-21-34(35)24-36)48-52-46(31-12-6-2-7-13-31)51-47(53-48)32-14-8-3-9-15-32/h1-25,28,38-39,44H,26-27H2. The van der Waals surface area contributed by atoms with Gasteiger partial charge in [0.1, 0.15) is 0 Å². The number of hydrogen-bond donors (Lipinski definition) is 0. The molecule has 0 amide bonds. The van der Waals surface area contributed by atoms with E-state index in [1.54, 1.807) is 11.1 Å². The number of hydrogen-bond acceptors (Lipinski definition) is 5. The van der Waals surface area contributed by atoms with Gasteiger partial charge < -0.3 is 0 Å². The number of rotatable bonds is 7. The van der Waals surface area contributed by atoms with Gasteiger partial charge in [0.05, 0.1) is 11.4 Å². The molecule has 3 aliphatic rings. The van der Waals surface area contributed by atoms with Crippen LogP contribution in [0.4, 0.5) is 0 Å². The minimum atomic E-state index is 0.640. The SMILES string of the molecule is c1ccc(-c2cc(-c3ccc4cc(-c5nc(-c6ccccc6)nc(-c6ccccc6)n5)ccc4c3)nc(-c3ccc(C4=C5CC6CC4C56)cc3)n2)cc1. The molecule has 0 bridgehead atoms. The Hall–Kier alpha value is -6.59. The Balaban J connectivity index is 0.965. The molecule has 5 nitrogen and oxygen atoms in total. The molecule has 6 aromatic carbocycles. The molecule has 0 radical (unpaired) electrons. The summed E-state index contributed by atoms with van der Waals surface area (Å²) < 4.78 is 0. The van der Waals surface area contributed by atoms with Crippen LogP contribution in [0.1, 0.15) is 18.4 Å². The molecular weight excluding hydrogens is 647 g/mol. The fourth-order valence-electron chi connectivity index (χ4n) is 8.64. The van der Waals surface area contributed by atoms with Crippen molar-refractivity contribution >= 4 is 16.3 Å². The molecule has 0 saturated heterocycles. The van der Waals surface area contributed by atoms with Gasteiger partial charge in [-0.3, -0.25) is 0 Å². The Morgan fingerprint density at radius 3 is 1.38 bits per heavy atom. The van der Waals surface area contributed by atoms with E-state index in [9.17, 15) is 0 Å². The molecule has 53 heavy (non-hydrogen) atoms. The second kappa shape index (κ2) is 12.0. The van der Waals surface area contributed by atoms with Crippen molar-refractivity contribution in [1.82, 2.24) is 24.9 Å². The van der Waals surface area contributed by atoms with Gasteiger partial charge in [0, 0.05) is 33.4 Å². The van der Waals surface area contributed by atoms with Crippen LogP contribution in [0.15, 0.2) is 163 Å². The number of aromatic nitrogens is 5. The first-order chi connectivity index (χ1) is 26.2. The fraction of sp³-hybridized carbons (Fsp3) is 0.104. The average Bonchev–Trinajstić information content (AvgIpc) is 3.23. The molecule has 5 heteroatoms. The van der Waals surface area contributed by atoms with Crippen molar-refractivity contribution in [2.45, 2.75) is 12.8 Å². The molecule has 2 saturated carbocycles. The highest BCUT2D eigenvalue weighted by Crippen LogP contribution is 2.71. The molecule has 2 heterocycles. The first-order valence-corrected chi connectivity index (χ1v) is 18.4. The lowest BCUT2D eigenvalue weighted by Crippen LogP contribution is -2.54.